The second-order valence-corrected chi connectivity index (χ2v) is 6.37. The third kappa shape index (κ3) is 3.61. The van der Waals surface area contributed by atoms with Crippen LogP contribution in [-0.4, -0.2) is 22.6 Å². The molecule has 0 atom stereocenters. The summed E-state index contributed by atoms with van der Waals surface area (Å²) in [4.78, 5) is -0.501. The average molecular weight is 346 g/mol. The first-order chi connectivity index (χ1) is 10.4. The first kappa shape index (κ1) is 16.4. The van der Waals surface area contributed by atoms with Crippen LogP contribution in [0.1, 0.15) is 0 Å². The fourth-order valence-electron chi connectivity index (χ4n) is 1.77. The summed E-state index contributed by atoms with van der Waals surface area (Å²) in [6.45, 7) is 0. The minimum absolute atomic E-state index is 0.111. The van der Waals surface area contributed by atoms with Gasteiger partial charge in [0.05, 0.1) is 19.9 Å². The van der Waals surface area contributed by atoms with Crippen molar-refractivity contribution in [3.8, 4) is 11.5 Å². The lowest BCUT2D eigenvalue weighted by Crippen LogP contribution is -2.14. The molecule has 8 heteroatoms. The van der Waals surface area contributed by atoms with Gasteiger partial charge in [0.1, 0.15) is 22.2 Å². The number of nitrogens with one attached hydrogen (secondary N) is 1. The quantitative estimate of drug-likeness (QED) is 0.903. The first-order valence-electron chi connectivity index (χ1n) is 6.06. The molecule has 0 aliphatic heterocycles. The van der Waals surface area contributed by atoms with E-state index in [-0.39, 0.29) is 10.7 Å². The fraction of sp³-hybridized carbons (Fsp3) is 0.143. The molecule has 0 saturated carbocycles. The monoisotopic (exact) mass is 345 g/mol. The van der Waals surface area contributed by atoms with Gasteiger partial charge in [0.2, 0.25) is 0 Å². The second-order valence-electron chi connectivity index (χ2n) is 4.28. The number of halogens is 2. The largest absolute Gasteiger partial charge is 0.497 e. The van der Waals surface area contributed by atoms with Gasteiger partial charge in [-0.15, -0.1) is 0 Å². The van der Waals surface area contributed by atoms with E-state index in [0.717, 1.165) is 12.1 Å². The van der Waals surface area contributed by atoms with E-state index in [4.69, 9.17) is 21.1 Å². The topological polar surface area (TPSA) is 64.6 Å². The molecule has 0 aliphatic rings. The molecule has 0 saturated heterocycles. The lowest BCUT2D eigenvalue weighted by Gasteiger charge is -2.12. The van der Waals surface area contributed by atoms with E-state index in [1.807, 2.05) is 0 Å². The summed E-state index contributed by atoms with van der Waals surface area (Å²) in [6, 6.07) is 7.81. The maximum Gasteiger partial charge on any atom is 0.264 e. The van der Waals surface area contributed by atoms with Crippen LogP contribution in [0, 0.1) is 5.82 Å². The molecule has 2 rings (SSSR count). The van der Waals surface area contributed by atoms with E-state index in [1.165, 1.54) is 32.4 Å². The van der Waals surface area contributed by atoms with Gasteiger partial charge in [-0.1, -0.05) is 11.6 Å². The molecule has 0 spiro atoms. The van der Waals surface area contributed by atoms with Crippen molar-refractivity contribution in [3.63, 3.8) is 0 Å². The summed E-state index contributed by atoms with van der Waals surface area (Å²) in [5, 5.41) is 0.111. The van der Waals surface area contributed by atoms with Crippen LogP contribution < -0.4 is 14.2 Å². The molecular formula is C14H13ClFNO4S. The Morgan fingerprint density at radius 2 is 1.64 bits per heavy atom. The molecule has 0 unspecified atom stereocenters. The van der Waals surface area contributed by atoms with E-state index >= 15 is 0 Å². The smallest absolute Gasteiger partial charge is 0.264 e. The molecule has 1 N–H and O–H groups in total. The molecular weight excluding hydrogens is 333 g/mol. The van der Waals surface area contributed by atoms with Gasteiger partial charge < -0.3 is 9.47 Å². The third-order valence-corrected chi connectivity index (χ3v) is 4.44. The first-order valence-corrected chi connectivity index (χ1v) is 7.93. The molecule has 0 amide bonds. The number of anilines is 1. The van der Waals surface area contributed by atoms with Crippen molar-refractivity contribution in [2.75, 3.05) is 18.9 Å². The number of benzene rings is 2. The van der Waals surface area contributed by atoms with Crippen LogP contribution in [0.2, 0.25) is 5.02 Å². The zero-order valence-corrected chi connectivity index (χ0v) is 13.3. The third-order valence-electron chi connectivity index (χ3n) is 2.79. The number of sulfonamides is 1. The minimum atomic E-state index is -4.11. The molecule has 0 fully saturated rings. The fourth-order valence-corrected chi connectivity index (χ4v) is 3.03. The molecule has 5 nitrogen and oxygen atoms in total. The number of methoxy groups -OCH3 is 2. The number of rotatable bonds is 5. The number of ether oxygens (including phenoxy) is 2. The van der Waals surface area contributed by atoms with Crippen LogP contribution >= 0.6 is 11.6 Å². The maximum absolute atomic E-state index is 13.8. The maximum atomic E-state index is 13.8. The highest BCUT2D eigenvalue weighted by Crippen LogP contribution is 2.28. The van der Waals surface area contributed by atoms with Gasteiger partial charge in [0, 0.05) is 23.2 Å². The Balaban J connectivity index is 2.40. The Labute approximate surface area is 132 Å². The molecule has 0 aliphatic carbocycles. The van der Waals surface area contributed by atoms with Gasteiger partial charge in [-0.25, -0.2) is 12.8 Å². The van der Waals surface area contributed by atoms with Crippen LogP contribution in [0.4, 0.5) is 10.1 Å². The predicted molar refractivity (Wildman–Crippen MR) is 81.8 cm³/mol. The van der Waals surface area contributed by atoms with Gasteiger partial charge in [0.25, 0.3) is 10.0 Å². The van der Waals surface area contributed by atoms with Crippen molar-refractivity contribution in [2.45, 2.75) is 4.90 Å². The van der Waals surface area contributed by atoms with Gasteiger partial charge >= 0.3 is 0 Å². The summed E-state index contributed by atoms with van der Waals surface area (Å²) in [7, 11) is -1.23. The Morgan fingerprint density at radius 1 is 1.05 bits per heavy atom. The molecule has 118 valence electrons. The molecule has 2 aromatic carbocycles. The van der Waals surface area contributed by atoms with Gasteiger partial charge in [0.15, 0.2) is 0 Å². The highest BCUT2D eigenvalue weighted by molar-refractivity contribution is 7.92. The highest BCUT2D eigenvalue weighted by atomic mass is 35.5. The molecule has 2 aromatic rings. The lowest BCUT2D eigenvalue weighted by atomic mass is 10.3. The highest BCUT2D eigenvalue weighted by Gasteiger charge is 2.20. The summed E-state index contributed by atoms with van der Waals surface area (Å²) in [5.74, 6) is -0.142. The zero-order valence-electron chi connectivity index (χ0n) is 11.8. The van der Waals surface area contributed by atoms with Crippen LogP contribution in [0.25, 0.3) is 0 Å². The predicted octanol–water partition coefficient (Wildman–Crippen LogP) is 3.30. The van der Waals surface area contributed by atoms with Gasteiger partial charge in [-0.05, 0) is 18.2 Å². The standard InChI is InChI=1S/C14H13ClFNO4S/c1-20-11-6-10(7-12(8-11)21-2)17-22(18,19)14-4-3-9(15)5-13(14)16/h3-8,17H,1-2H3. The normalized spacial score (nSPS) is 11.1. The van der Waals surface area contributed by atoms with Crippen LogP contribution in [0.3, 0.4) is 0 Å². The molecule has 0 aromatic heterocycles. The van der Waals surface area contributed by atoms with Crippen molar-refractivity contribution < 1.29 is 22.3 Å². The van der Waals surface area contributed by atoms with Crippen LogP contribution in [-0.2, 0) is 10.0 Å². The van der Waals surface area contributed by atoms with Gasteiger partial charge in [-0.3, -0.25) is 4.72 Å². The molecule has 0 heterocycles. The Morgan fingerprint density at radius 3 is 2.14 bits per heavy atom. The van der Waals surface area contributed by atoms with E-state index in [0.29, 0.717) is 11.5 Å². The number of hydrogen-bond donors (Lipinski definition) is 1. The van der Waals surface area contributed by atoms with Crippen molar-refractivity contribution >= 4 is 27.3 Å². The SMILES string of the molecule is COc1cc(NS(=O)(=O)c2ccc(Cl)cc2F)cc(OC)c1. The van der Waals surface area contributed by atoms with Crippen molar-refractivity contribution in [2.24, 2.45) is 0 Å². The summed E-state index contributed by atoms with van der Waals surface area (Å²) < 4.78 is 50.7. The van der Waals surface area contributed by atoms with E-state index < -0.39 is 20.7 Å². The number of hydrogen-bond acceptors (Lipinski definition) is 4. The van der Waals surface area contributed by atoms with Crippen molar-refractivity contribution in [1.82, 2.24) is 0 Å². The lowest BCUT2D eigenvalue weighted by molar-refractivity contribution is 0.395. The van der Waals surface area contributed by atoms with E-state index in [1.54, 1.807) is 6.07 Å². The summed E-state index contributed by atoms with van der Waals surface area (Å²) in [6.07, 6.45) is 0. The van der Waals surface area contributed by atoms with Crippen LogP contribution in [0.15, 0.2) is 41.3 Å². The summed E-state index contributed by atoms with van der Waals surface area (Å²) in [5.41, 5.74) is 0.186. The molecule has 0 radical (unpaired) electrons. The van der Waals surface area contributed by atoms with Crippen LogP contribution in [0.5, 0.6) is 11.5 Å². The zero-order chi connectivity index (χ0) is 16.3. The second kappa shape index (κ2) is 6.41. The van der Waals surface area contributed by atoms with Crippen molar-refractivity contribution in [1.29, 1.82) is 0 Å². The molecule has 22 heavy (non-hydrogen) atoms. The Kier molecular flexibility index (Phi) is 4.77. The Hall–Kier alpha value is -1.99. The van der Waals surface area contributed by atoms with E-state index in [9.17, 15) is 12.8 Å². The Bertz CT molecular complexity index is 773. The average Bonchev–Trinajstić information content (AvgIpc) is 2.45. The minimum Gasteiger partial charge on any atom is -0.497 e. The van der Waals surface area contributed by atoms with E-state index in [2.05, 4.69) is 4.72 Å². The molecule has 0 bridgehead atoms. The van der Waals surface area contributed by atoms with Gasteiger partial charge in [-0.2, -0.15) is 0 Å². The van der Waals surface area contributed by atoms with Crippen molar-refractivity contribution in [3.05, 3.63) is 47.2 Å². The summed E-state index contributed by atoms with van der Waals surface area (Å²) >= 11 is 5.62.